The van der Waals surface area contributed by atoms with Gasteiger partial charge in [-0.05, 0) is 56.3 Å². The Morgan fingerprint density at radius 2 is 1.64 bits per heavy atom. The number of benzene rings is 3. The lowest BCUT2D eigenvalue weighted by atomic mass is 9.94. The van der Waals surface area contributed by atoms with E-state index in [0.717, 1.165) is 10.9 Å². The normalized spacial score (nSPS) is 17.1. The van der Waals surface area contributed by atoms with Gasteiger partial charge in [0, 0.05) is 33.9 Å². The molecule has 36 heavy (non-hydrogen) atoms. The van der Waals surface area contributed by atoms with E-state index in [1.54, 1.807) is 54.7 Å². The van der Waals surface area contributed by atoms with Crippen LogP contribution in [0.4, 0.5) is 5.69 Å². The summed E-state index contributed by atoms with van der Waals surface area (Å²) in [4.78, 5) is 31.5. The molecule has 0 aliphatic carbocycles. The highest BCUT2D eigenvalue weighted by molar-refractivity contribution is 6.51. The summed E-state index contributed by atoms with van der Waals surface area (Å²) in [7, 11) is 0. The molecular weight excluding hydrogens is 456 g/mol. The topological polar surface area (TPSA) is 91.9 Å². The van der Waals surface area contributed by atoms with Gasteiger partial charge in [0.25, 0.3) is 11.7 Å². The number of hydrogen-bond acceptors (Lipinski definition) is 5. The predicted octanol–water partition coefficient (Wildman–Crippen LogP) is 5.59. The van der Waals surface area contributed by atoms with Gasteiger partial charge >= 0.3 is 0 Å². The maximum Gasteiger partial charge on any atom is 0.300 e. The monoisotopic (exact) mass is 482 g/mol. The summed E-state index contributed by atoms with van der Waals surface area (Å²) in [5.74, 6) is -0.491. The van der Waals surface area contributed by atoms with Crippen LogP contribution in [0.25, 0.3) is 16.7 Å². The molecule has 5 rings (SSSR count). The molecule has 4 aromatic rings. The van der Waals surface area contributed by atoms with Crippen LogP contribution in [0.5, 0.6) is 11.5 Å². The molecule has 0 radical (unpaired) electrons. The van der Waals surface area contributed by atoms with Crippen LogP contribution in [-0.4, -0.2) is 35.0 Å². The second-order valence-corrected chi connectivity index (χ2v) is 8.35. The van der Waals surface area contributed by atoms with Crippen LogP contribution in [0.2, 0.25) is 0 Å². The maximum atomic E-state index is 13.5. The number of aromatic nitrogens is 1. The number of anilines is 1. The van der Waals surface area contributed by atoms with Crippen molar-refractivity contribution in [1.29, 1.82) is 0 Å². The first-order valence-corrected chi connectivity index (χ1v) is 11.9. The zero-order chi connectivity index (χ0) is 25.2. The Hall–Kier alpha value is -4.52. The van der Waals surface area contributed by atoms with E-state index < -0.39 is 17.7 Å². The molecule has 7 heteroatoms. The van der Waals surface area contributed by atoms with Gasteiger partial charge in [-0.25, -0.2) is 0 Å². The molecule has 7 nitrogen and oxygen atoms in total. The van der Waals surface area contributed by atoms with E-state index in [0.29, 0.717) is 41.5 Å². The van der Waals surface area contributed by atoms with Crippen LogP contribution in [-0.2, 0) is 9.59 Å². The lowest BCUT2D eigenvalue weighted by Crippen LogP contribution is -2.29. The fourth-order valence-corrected chi connectivity index (χ4v) is 4.64. The number of aliphatic hydroxyl groups excluding tert-OH is 1. The zero-order valence-electron chi connectivity index (χ0n) is 20.0. The number of amides is 1. The summed E-state index contributed by atoms with van der Waals surface area (Å²) in [6.07, 6.45) is 1.78. The third-order valence-electron chi connectivity index (χ3n) is 6.20. The number of ether oxygens (including phenoxy) is 2. The van der Waals surface area contributed by atoms with Crippen LogP contribution in [0.3, 0.4) is 0 Å². The quantitative estimate of drug-likeness (QED) is 0.203. The fourth-order valence-electron chi connectivity index (χ4n) is 4.64. The second-order valence-electron chi connectivity index (χ2n) is 8.35. The number of carbonyl (C=O) groups excluding carboxylic acids is 2. The van der Waals surface area contributed by atoms with Crippen molar-refractivity contribution in [3.05, 3.63) is 95.7 Å². The SMILES string of the molecule is CCOc1ccc(N2C(=O)C(=O)/C(=C(/O)c3cccc(OCC)c3)C2c2c[nH]c3ccccc23)cc1. The Morgan fingerprint density at radius 1 is 0.917 bits per heavy atom. The number of Topliss-reactive ketones (excluding diaryl/α,β-unsaturated/α-hetero) is 1. The number of nitrogens with one attached hydrogen (secondary N) is 1. The summed E-state index contributed by atoms with van der Waals surface area (Å²) in [6.45, 7) is 4.73. The molecule has 1 saturated heterocycles. The third-order valence-corrected chi connectivity index (χ3v) is 6.20. The molecule has 0 saturated carbocycles. The number of aromatic amines is 1. The summed E-state index contributed by atoms with van der Waals surface area (Å²) in [5, 5.41) is 12.3. The Balaban J connectivity index is 1.71. The highest BCUT2D eigenvalue weighted by atomic mass is 16.5. The van der Waals surface area contributed by atoms with Gasteiger partial charge in [-0.3, -0.25) is 14.5 Å². The van der Waals surface area contributed by atoms with Gasteiger partial charge in [0.2, 0.25) is 0 Å². The van der Waals surface area contributed by atoms with Crippen molar-refractivity contribution in [2.24, 2.45) is 0 Å². The third kappa shape index (κ3) is 3.98. The fraction of sp³-hybridized carbons (Fsp3) is 0.172. The summed E-state index contributed by atoms with van der Waals surface area (Å²) in [6, 6.07) is 20.7. The Morgan fingerprint density at radius 3 is 2.39 bits per heavy atom. The van der Waals surface area contributed by atoms with Crippen LogP contribution in [0.1, 0.15) is 31.0 Å². The van der Waals surface area contributed by atoms with Crippen LogP contribution in [0, 0.1) is 0 Å². The van der Waals surface area contributed by atoms with Gasteiger partial charge in [-0.2, -0.15) is 0 Å². The van der Waals surface area contributed by atoms with Crippen molar-refractivity contribution in [3.63, 3.8) is 0 Å². The van der Waals surface area contributed by atoms with Crippen LogP contribution < -0.4 is 14.4 Å². The van der Waals surface area contributed by atoms with E-state index in [9.17, 15) is 14.7 Å². The van der Waals surface area contributed by atoms with Crippen molar-refractivity contribution >= 4 is 34.0 Å². The van der Waals surface area contributed by atoms with E-state index in [-0.39, 0.29) is 11.3 Å². The molecule has 182 valence electrons. The van der Waals surface area contributed by atoms with Gasteiger partial charge in [-0.15, -0.1) is 0 Å². The Bertz CT molecular complexity index is 1470. The van der Waals surface area contributed by atoms with Crippen LogP contribution >= 0.6 is 0 Å². The number of para-hydroxylation sites is 1. The summed E-state index contributed by atoms with van der Waals surface area (Å²) >= 11 is 0. The van der Waals surface area contributed by atoms with Gasteiger partial charge in [-0.1, -0.05) is 30.3 Å². The number of nitrogens with zero attached hydrogens (tertiary/aromatic N) is 1. The molecule has 0 bridgehead atoms. The second kappa shape index (κ2) is 9.62. The minimum absolute atomic E-state index is 0.0206. The molecule has 1 aliphatic heterocycles. The number of aliphatic hydroxyl groups is 1. The molecule has 1 amide bonds. The largest absolute Gasteiger partial charge is 0.507 e. The smallest absolute Gasteiger partial charge is 0.300 e. The number of fused-ring (bicyclic) bond motifs is 1. The zero-order valence-corrected chi connectivity index (χ0v) is 20.0. The predicted molar refractivity (Wildman–Crippen MR) is 138 cm³/mol. The van der Waals surface area contributed by atoms with Gasteiger partial charge < -0.3 is 19.6 Å². The lowest BCUT2D eigenvalue weighted by molar-refractivity contribution is -0.132. The highest BCUT2D eigenvalue weighted by Crippen LogP contribution is 2.44. The van der Waals surface area contributed by atoms with E-state index in [1.165, 1.54) is 4.90 Å². The summed E-state index contributed by atoms with van der Waals surface area (Å²) in [5.41, 5.74) is 2.52. The molecule has 3 aromatic carbocycles. The minimum Gasteiger partial charge on any atom is -0.507 e. The van der Waals surface area contributed by atoms with Crippen molar-refractivity contribution in [3.8, 4) is 11.5 Å². The van der Waals surface area contributed by atoms with Crippen molar-refractivity contribution in [2.75, 3.05) is 18.1 Å². The molecule has 1 atom stereocenters. The Kier molecular flexibility index (Phi) is 6.21. The minimum atomic E-state index is -0.838. The number of H-pyrrole nitrogens is 1. The van der Waals surface area contributed by atoms with Crippen molar-refractivity contribution in [2.45, 2.75) is 19.9 Å². The number of hydrogen-bond donors (Lipinski definition) is 2. The molecule has 1 aliphatic rings. The molecule has 1 unspecified atom stereocenters. The van der Waals surface area contributed by atoms with Crippen molar-refractivity contribution < 1.29 is 24.2 Å². The molecule has 0 spiro atoms. The summed E-state index contributed by atoms with van der Waals surface area (Å²) < 4.78 is 11.1. The molecular formula is C29H26N2O5. The van der Waals surface area contributed by atoms with E-state index in [1.807, 2.05) is 38.1 Å². The van der Waals surface area contributed by atoms with E-state index in [2.05, 4.69) is 4.98 Å². The standard InChI is InChI=1S/C29H26N2O5/c1-3-35-20-14-12-19(13-15-20)31-26(23-17-30-24-11-6-5-10-22(23)24)25(28(33)29(31)34)27(32)18-8-7-9-21(16-18)36-4-2/h5-17,26,30,32H,3-4H2,1-2H3/b27-25+. The highest BCUT2D eigenvalue weighted by Gasteiger charge is 2.47. The average Bonchev–Trinajstić information content (AvgIpc) is 3.43. The average molecular weight is 483 g/mol. The molecule has 2 N–H and O–H groups in total. The molecule has 1 aromatic heterocycles. The van der Waals surface area contributed by atoms with Crippen molar-refractivity contribution in [1.82, 2.24) is 4.98 Å². The molecule has 1 fully saturated rings. The number of ketones is 1. The van der Waals surface area contributed by atoms with Crippen LogP contribution in [0.15, 0.2) is 84.6 Å². The first kappa shape index (κ1) is 23.2. The Labute approximate surface area is 208 Å². The first-order chi connectivity index (χ1) is 17.5. The number of carbonyl (C=O) groups is 2. The van der Waals surface area contributed by atoms with E-state index >= 15 is 0 Å². The van der Waals surface area contributed by atoms with Gasteiger partial charge in [0.05, 0.1) is 24.8 Å². The first-order valence-electron chi connectivity index (χ1n) is 11.9. The van der Waals surface area contributed by atoms with Gasteiger partial charge in [0.15, 0.2) is 0 Å². The van der Waals surface area contributed by atoms with E-state index in [4.69, 9.17) is 9.47 Å². The number of rotatable bonds is 7. The molecule has 2 heterocycles. The lowest BCUT2D eigenvalue weighted by Gasteiger charge is -2.25. The van der Waals surface area contributed by atoms with Gasteiger partial charge in [0.1, 0.15) is 17.3 Å². The maximum absolute atomic E-state index is 13.5.